The van der Waals surface area contributed by atoms with Crippen LogP contribution in [0.5, 0.6) is 0 Å². The summed E-state index contributed by atoms with van der Waals surface area (Å²) in [5.74, 6) is -0.621. The minimum Gasteiger partial charge on any atom is -0.481 e. The third-order valence-corrected chi connectivity index (χ3v) is 4.14. The van der Waals surface area contributed by atoms with Crippen molar-refractivity contribution in [2.24, 2.45) is 5.41 Å². The van der Waals surface area contributed by atoms with Crippen LogP contribution in [0.4, 0.5) is 0 Å². The molecule has 1 fully saturated rings. The number of hydrogen-bond acceptors (Lipinski definition) is 3. The molecule has 0 spiro atoms. The summed E-state index contributed by atoms with van der Waals surface area (Å²) in [4.78, 5) is 13.6. The smallest absolute Gasteiger partial charge is 0.309 e. The Balaban J connectivity index is 2.20. The van der Waals surface area contributed by atoms with Crippen LogP contribution >= 0.6 is 0 Å². The molecule has 0 aromatic heterocycles. The average molecular weight is 257 g/mol. The molecule has 0 radical (unpaired) electrons. The minimum atomic E-state index is -0.621. The standard InChI is InChI=1S/C14H27NO3/c1-3-5-11-18-12-10-15-8-6-14(4-2,7-9-15)13(16)17/h3-12H2,1-2H3,(H,16,17). The van der Waals surface area contributed by atoms with E-state index in [4.69, 9.17) is 4.74 Å². The van der Waals surface area contributed by atoms with Crippen molar-refractivity contribution < 1.29 is 14.6 Å². The predicted octanol–water partition coefficient (Wildman–Crippen LogP) is 2.38. The number of carboxylic acids is 1. The van der Waals surface area contributed by atoms with Crippen LogP contribution in [0, 0.1) is 5.41 Å². The lowest BCUT2D eigenvalue weighted by atomic mass is 9.76. The number of rotatable bonds is 8. The van der Waals surface area contributed by atoms with Gasteiger partial charge in [0.15, 0.2) is 0 Å². The van der Waals surface area contributed by atoms with Crippen molar-refractivity contribution in [1.82, 2.24) is 4.90 Å². The molecule has 1 rings (SSSR count). The van der Waals surface area contributed by atoms with Crippen LogP contribution in [0.15, 0.2) is 0 Å². The van der Waals surface area contributed by atoms with Gasteiger partial charge >= 0.3 is 5.97 Å². The SMILES string of the molecule is CCCCOCCN1CCC(CC)(C(=O)O)CC1. The van der Waals surface area contributed by atoms with E-state index in [1.807, 2.05) is 6.92 Å². The van der Waals surface area contributed by atoms with Crippen LogP contribution < -0.4 is 0 Å². The Hall–Kier alpha value is -0.610. The van der Waals surface area contributed by atoms with E-state index in [9.17, 15) is 9.90 Å². The number of nitrogens with zero attached hydrogens (tertiary/aromatic N) is 1. The number of unbranched alkanes of at least 4 members (excludes halogenated alkanes) is 1. The van der Waals surface area contributed by atoms with E-state index in [1.165, 1.54) is 6.42 Å². The maximum absolute atomic E-state index is 11.3. The highest BCUT2D eigenvalue weighted by atomic mass is 16.5. The van der Waals surface area contributed by atoms with Gasteiger partial charge in [-0.1, -0.05) is 20.3 Å². The molecular weight excluding hydrogens is 230 g/mol. The molecule has 0 saturated carbocycles. The molecular formula is C14H27NO3. The molecule has 18 heavy (non-hydrogen) atoms. The summed E-state index contributed by atoms with van der Waals surface area (Å²) in [6, 6.07) is 0. The summed E-state index contributed by atoms with van der Waals surface area (Å²) in [6.07, 6.45) is 4.57. The lowest BCUT2D eigenvalue weighted by molar-refractivity contribution is -0.152. The molecule has 0 aromatic rings. The average Bonchev–Trinajstić information content (AvgIpc) is 2.39. The molecule has 0 amide bonds. The van der Waals surface area contributed by atoms with Gasteiger partial charge < -0.3 is 14.7 Å². The van der Waals surface area contributed by atoms with E-state index in [0.717, 1.165) is 58.5 Å². The van der Waals surface area contributed by atoms with E-state index in [2.05, 4.69) is 11.8 Å². The Bertz CT molecular complexity index is 247. The molecule has 1 aliphatic heterocycles. The lowest BCUT2D eigenvalue weighted by Gasteiger charge is -2.38. The van der Waals surface area contributed by atoms with Crippen molar-refractivity contribution in [1.29, 1.82) is 0 Å². The maximum Gasteiger partial charge on any atom is 0.309 e. The van der Waals surface area contributed by atoms with Gasteiger partial charge in [-0.25, -0.2) is 0 Å². The first-order valence-electron chi connectivity index (χ1n) is 7.18. The van der Waals surface area contributed by atoms with Gasteiger partial charge in [-0.15, -0.1) is 0 Å². The summed E-state index contributed by atoms with van der Waals surface area (Å²) < 4.78 is 5.54. The molecule has 4 heteroatoms. The van der Waals surface area contributed by atoms with Crippen LogP contribution in [-0.4, -0.2) is 48.8 Å². The summed E-state index contributed by atoms with van der Waals surface area (Å²) in [5.41, 5.74) is -0.473. The summed E-state index contributed by atoms with van der Waals surface area (Å²) in [6.45, 7) is 8.46. The van der Waals surface area contributed by atoms with Crippen LogP contribution in [0.3, 0.4) is 0 Å². The summed E-state index contributed by atoms with van der Waals surface area (Å²) in [7, 11) is 0. The highest BCUT2D eigenvalue weighted by Crippen LogP contribution is 2.34. The first kappa shape index (κ1) is 15.4. The van der Waals surface area contributed by atoms with Crippen molar-refractivity contribution in [3.63, 3.8) is 0 Å². The summed E-state index contributed by atoms with van der Waals surface area (Å²) in [5, 5.41) is 9.30. The molecule has 106 valence electrons. The van der Waals surface area contributed by atoms with Gasteiger partial charge in [0.1, 0.15) is 0 Å². The van der Waals surface area contributed by atoms with Gasteiger partial charge in [0.05, 0.1) is 12.0 Å². The Labute approximate surface area is 110 Å². The number of ether oxygens (including phenoxy) is 1. The second-order valence-electron chi connectivity index (χ2n) is 5.25. The van der Waals surface area contributed by atoms with Gasteiger partial charge in [-0.05, 0) is 38.8 Å². The Morgan fingerprint density at radius 1 is 1.28 bits per heavy atom. The fraction of sp³-hybridized carbons (Fsp3) is 0.929. The van der Waals surface area contributed by atoms with Crippen LogP contribution in [0.1, 0.15) is 46.0 Å². The second kappa shape index (κ2) is 7.74. The Kier molecular flexibility index (Phi) is 6.65. The fourth-order valence-corrected chi connectivity index (χ4v) is 2.47. The van der Waals surface area contributed by atoms with Crippen molar-refractivity contribution in [2.75, 3.05) is 32.8 Å². The molecule has 1 N–H and O–H groups in total. The van der Waals surface area contributed by atoms with Gasteiger partial charge in [-0.3, -0.25) is 4.79 Å². The van der Waals surface area contributed by atoms with Crippen LogP contribution in [-0.2, 0) is 9.53 Å². The number of aliphatic carboxylic acids is 1. The molecule has 1 aliphatic rings. The number of hydrogen-bond donors (Lipinski definition) is 1. The number of carbonyl (C=O) groups is 1. The molecule has 0 atom stereocenters. The van der Waals surface area contributed by atoms with Gasteiger partial charge in [-0.2, -0.15) is 0 Å². The van der Waals surface area contributed by atoms with E-state index in [1.54, 1.807) is 0 Å². The van der Waals surface area contributed by atoms with E-state index >= 15 is 0 Å². The second-order valence-corrected chi connectivity index (χ2v) is 5.25. The maximum atomic E-state index is 11.3. The molecule has 0 unspecified atom stereocenters. The Morgan fingerprint density at radius 2 is 1.94 bits per heavy atom. The zero-order valence-corrected chi connectivity index (χ0v) is 11.8. The van der Waals surface area contributed by atoms with E-state index < -0.39 is 11.4 Å². The molecule has 1 saturated heterocycles. The monoisotopic (exact) mass is 257 g/mol. The third-order valence-electron chi connectivity index (χ3n) is 4.14. The molecule has 4 nitrogen and oxygen atoms in total. The minimum absolute atomic E-state index is 0.473. The third kappa shape index (κ3) is 4.25. The highest BCUT2D eigenvalue weighted by molar-refractivity contribution is 5.74. The molecule has 0 aromatic carbocycles. The van der Waals surface area contributed by atoms with Crippen molar-refractivity contribution in [3.05, 3.63) is 0 Å². The zero-order valence-electron chi connectivity index (χ0n) is 11.8. The fourth-order valence-electron chi connectivity index (χ4n) is 2.47. The highest BCUT2D eigenvalue weighted by Gasteiger charge is 2.39. The van der Waals surface area contributed by atoms with E-state index in [-0.39, 0.29) is 0 Å². The topological polar surface area (TPSA) is 49.8 Å². The largest absolute Gasteiger partial charge is 0.481 e. The first-order valence-corrected chi connectivity index (χ1v) is 7.18. The first-order chi connectivity index (χ1) is 8.64. The van der Waals surface area contributed by atoms with Crippen LogP contribution in [0.2, 0.25) is 0 Å². The Morgan fingerprint density at radius 3 is 2.44 bits per heavy atom. The van der Waals surface area contributed by atoms with E-state index in [0.29, 0.717) is 0 Å². The van der Waals surface area contributed by atoms with Crippen LogP contribution in [0.25, 0.3) is 0 Å². The summed E-state index contributed by atoms with van der Waals surface area (Å²) >= 11 is 0. The lowest BCUT2D eigenvalue weighted by Crippen LogP contribution is -2.45. The van der Waals surface area contributed by atoms with Gasteiger partial charge in [0.2, 0.25) is 0 Å². The van der Waals surface area contributed by atoms with Gasteiger partial charge in [0.25, 0.3) is 0 Å². The van der Waals surface area contributed by atoms with Crippen molar-refractivity contribution >= 4 is 5.97 Å². The number of carboxylic acid groups (broad SMARTS) is 1. The van der Waals surface area contributed by atoms with Crippen molar-refractivity contribution in [2.45, 2.75) is 46.0 Å². The zero-order chi connectivity index (χ0) is 13.4. The molecule has 1 heterocycles. The molecule has 0 aliphatic carbocycles. The normalized spacial score (nSPS) is 19.9. The van der Waals surface area contributed by atoms with Crippen molar-refractivity contribution in [3.8, 4) is 0 Å². The van der Waals surface area contributed by atoms with Gasteiger partial charge in [0, 0.05) is 13.2 Å². The number of piperidine rings is 1. The predicted molar refractivity (Wildman–Crippen MR) is 71.8 cm³/mol. The number of likely N-dealkylation sites (tertiary alicyclic amines) is 1. The molecule has 0 bridgehead atoms. The quantitative estimate of drug-likeness (QED) is 0.678.